The van der Waals surface area contributed by atoms with E-state index in [1.165, 1.54) is 10.9 Å². The molecule has 9 nitrogen and oxygen atoms in total. The van der Waals surface area contributed by atoms with Crippen molar-refractivity contribution in [1.82, 2.24) is 14.9 Å². The minimum atomic E-state index is -1.07. The highest BCUT2D eigenvalue weighted by Crippen LogP contribution is 2.12. The minimum absolute atomic E-state index is 0.196. The minimum Gasteiger partial charge on any atom is -0.480 e. The monoisotopic (exact) mass is 361 g/mol. The predicted molar refractivity (Wildman–Crippen MR) is 90.7 cm³/mol. The van der Waals surface area contributed by atoms with Crippen molar-refractivity contribution in [2.24, 2.45) is 0 Å². The van der Waals surface area contributed by atoms with Gasteiger partial charge in [0.05, 0.1) is 36.0 Å². The van der Waals surface area contributed by atoms with Crippen molar-refractivity contribution >= 4 is 22.8 Å². The van der Waals surface area contributed by atoms with Gasteiger partial charge in [-0.3, -0.25) is 14.2 Å². The maximum Gasteiger partial charge on any atom is 0.329 e. The smallest absolute Gasteiger partial charge is 0.329 e. The lowest BCUT2D eigenvalue weighted by Gasteiger charge is -2.31. The first kappa shape index (κ1) is 18.0. The number of carboxylic acids is 1. The topological polar surface area (TPSA) is 120 Å². The Labute approximate surface area is 148 Å². The van der Waals surface area contributed by atoms with E-state index >= 15 is 0 Å². The number of aromatic nitrogens is 2. The Morgan fingerprint density at radius 1 is 1.38 bits per heavy atom. The molecule has 138 valence electrons. The van der Waals surface area contributed by atoms with Crippen LogP contribution in [-0.4, -0.2) is 58.5 Å². The SMILES string of the molecule is O=C(O)CO[C@H]1CCOC[C@H]1NC(=O)Cn1cnc2ccccc2c1=O. The molecular weight excluding hydrogens is 342 g/mol. The fraction of sp³-hybridized carbons (Fsp3) is 0.412. The predicted octanol–water partition coefficient (Wildman–Crippen LogP) is -0.229. The molecule has 1 aromatic heterocycles. The second-order valence-corrected chi connectivity index (χ2v) is 5.98. The van der Waals surface area contributed by atoms with Crippen LogP contribution in [0.3, 0.4) is 0 Å². The Bertz CT molecular complexity index is 865. The summed E-state index contributed by atoms with van der Waals surface area (Å²) in [5.41, 5.74) is 0.265. The van der Waals surface area contributed by atoms with Gasteiger partial charge < -0.3 is 19.9 Å². The van der Waals surface area contributed by atoms with Gasteiger partial charge in [-0.15, -0.1) is 0 Å². The van der Waals surface area contributed by atoms with Crippen molar-refractivity contribution in [3.63, 3.8) is 0 Å². The van der Waals surface area contributed by atoms with Crippen LogP contribution in [0.1, 0.15) is 6.42 Å². The third kappa shape index (κ3) is 4.24. The average molecular weight is 361 g/mol. The molecule has 1 aromatic carbocycles. The van der Waals surface area contributed by atoms with Gasteiger partial charge in [-0.25, -0.2) is 9.78 Å². The Morgan fingerprint density at radius 3 is 3.00 bits per heavy atom. The van der Waals surface area contributed by atoms with Gasteiger partial charge >= 0.3 is 5.97 Å². The molecule has 0 spiro atoms. The lowest BCUT2D eigenvalue weighted by atomic mass is 10.1. The van der Waals surface area contributed by atoms with Crippen LogP contribution in [0, 0.1) is 0 Å². The molecule has 3 rings (SSSR count). The Morgan fingerprint density at radius 2 is 2.19 bits per heavy atom. The number of carbonyl (C=O) groups excluding carboxylic acids is 1. The Kier molecular flexibility index (Phi) is 5.59. The molecule has 2 aromatic rings. The number of amides is 1. The van der Waals surface area contributed by atoms with Crippen LogP contribution >= 0.6 is 0 Å². The number of fused-ring (bicyclic) bond motifs is 1. The van der Waals surface area contributed by atoms with Crippen LogP contribution in [0.15, 0.2) is 35.4 Å². The van der Waals surface area contributed by atoms with Crippen molar-refractivity contribution in [2.75, 3.05) is 19.8 Å². The fourth-order valence-corrected chi connectivity index (χ4v) is 2.86. The number of nitrogens with zero attached hydrogens (tertiary/aromatic N) is 2. The number of para-hydroxylation sites is 1. The van der Waals surface area contributed by atoms with Crippen LogP contribution in [0.4, 0.5) is 0 Å². The van der Waals surface area contributed by atoms with Crippen LogP contribution in [0.25, 0.3) is 10.9 Å². The highest BCUT2D eigenvalue weighted by Gasteiger charge is 2.28. The number of nitrogens with one attached hydrogen (secondary N) is 1. The number of carboxylic acid groups (broad SMARTS) is 1. The number of hydrogen-bond acceptors (Lipinski definition) is 6. The van der Waals surface area contributed by atoms with Gasteiger partial charge in [0, 0.05) is 6.61 Å². The average Bonchev–Trinajstić information content (AvgIpc) is 2.63. The van der Waals surface area contributed by atoms with Gasteiger partial charge in [0.15, 0.2) is 0 Å². The summed E-state index contributed by atoms with van der Waals surface area (Å²) in [5, 5.41) is 11.9. The molecule has 0 unspecified atom stereocenters. The zero-order chi connectivity index (χ0) is 18.5. The van der Waals surface area contributed by atoms with E-state index in [-0.39, 0.29) is 18.7 Å². The van der Waals surface area contributed by atoms with Crippen molar-refractivity contribution in [2.45, 2.75) is 25.1 Å². The lowest BCUT2D eigenvalue weighted by molar-refractivity contribution is -0.148. The summed E-state index contributed by atoms with van der Waals surface area (Å²) in [6.45, 7) is 0.0233. The van der Waals surface area contributed by atoms with Gasteiger partial charge in [-0.2, -0.15) is 0 Å². The molecule has 2 N–H and O–H groups in total. The molecule has 0 saturated carbocycles. The van der Waals surface area contributed by atoms with E-state index in [0.717, 1.165) is 0 Å². The molecule has 1 fully saturated rings. The van der Waals surface area contributed by atoms with E-state index in [1.807, 2.05) is 0 Å². The largest absolute Gasteiger partial charge is 0.480 e. The molecule has 0 aliphatic carbocycles. The molecule has 0 bridgehead atoms. The second kappa shape index (κ2) is 8.07. The first-order valence-corrected chi connectivity index (χ1v) is 8.19. The van der Waals surface area contributed by atoms with E-state index in [1.54, 1.807) is 24.3 Å². The zero-order valence-electron chi connectivity index (χ0n) is 14.0. The standard InChI is InChI=1S/C17H19N3O6/c21-15(19-13-8-25-6-5-14(13)26-9-16(22)23)7-20-10-18-12-4-2-1-3-11(12)17(20)24/h1-4,10,13-14H,5-9H2,(H,19,21)(H,22,23)/t13-,14+/m1/s1. The molecule has 26 heavy (non-hydrogen) atoms. The van der Waals surface area contributed by atoms with Crippen LogP contribution < -0.4 is 10.9 Å². The van der Waals surface area contributed by atoms with Gasteiger partial charge in [-0.1, -0.05) is 12.1 Å². The van der Waals surface area contributed by atoms with E-state index in [9.17, 15) is 14.4 Å². The molecule has 2 heterocycles. The Balaban J connectivity index is 1.67. The molecule has 1 aliphatic rings. The first-order chi connectivity index (χ1) is 12.5. The number of aliphatic carboxylic acids is 1. The zero-order valence-corrected chi connectivity index (χ0v) is 14.0. The fourth-order valence-electron chi connectivity index (χ4n) is 2.86. The number of ether oxygens (including phenoxy) is 2. The van der Waals surface area contributed by atoms with Gasteiger partial charge in [0.2, 0.25) is 5.91 Å². The lowest BCUT2D eigenvalue weighted by Crippen LogP contribution is -2.52. The van der Waals surface area contributed by atoms with Crippen LogP contribution in [0.5, 0.6) is 0 Å². The summed E-state index contributed by atoms with van der Waals surface area (Å²) < 4.78 is 11.9. The molecule has 0 radical (unpaired) electrons. The van der Waals surface area contributed by atoms with E-state index in [0.29, 0.717) is 23.9 Å². The van der Waals surface area contributed by atoms with Crippen molar-refractivity contribution in [3.8, 4) is 0 Å². The highest BCUT2D eigenvalue weighted by molar-refractivity contribution is 5.79. The van der Waals surface area contributed by atoms with Gasteiger partial charge in [0.1, 0.15) is 13.2 Å². The molecule has 1 saturated heterocycles. The summed E-state index contributed by atoms with van der Waals surface area (Å²) in [6, 6.07) is 6.43. The first-order valence-electron chi connectivity index (χ1n) is 8.19. The highest BCUT2D eigenvalue weighted by atomic mass is 16.5. The summed E-state index contributed by atoms with van der Waals surface area (Å²) in [4.78, 5) is 39.6. The normalized spacial score (nSPS) is 20.0. The summed E-state index contributed by atoms with van der Waals surface area (Å²) in [5.74, 6) is -1.47. The third-order valence-electron chi connectivity index (χ3n) is 4.11. The number of hydrogen-bond donors (Lipinski definition) is 2. The number of carbonyl (C=O) groups is 2. The van der Waals surface area contributed by atoms with Gasteiger partial charge in [0.25, 0.3) is 5.56 Å². The van der Waals surface area contributed by atoms with E-state index in [2.05, 4.69) is 10.3 Å². The van der Waals surface area contributed by atoms with E-state index < -0.39 is 30.6 Å². The molecule has 1 amide bonds. The third-order valence-corrected chi connectivity index (χ3v) is 4.11. The van der Waals surface area contributed by atoms with Crippen LogP contribution in [0.2, 0.25) is 0 Å². The summed E-state index contributed by atoms with van der Waals surface area (Å²) >= 11 is 0. The second-order valence-electron chi connectivity index (χ2n) is 5.98. The Hall–Kier alpha value is -2.78. The molecular formula is C17H19N3O6. The molecule has 1 aliphatic heterocycles. The van der Waals surface area contributed by atoms with Crippen LogP contribution in [-0.2, 0) is 25.6 Å². The molecule has 9 heteroatoms. The maximum absolute atomic E-state index is 12.4. The summed E-state index contributed by atoms with van der Waals surface area (Å²) in [6.07, 6.45) is 1.37. The quantitative estimate of drug-likeness (QED) is 0.729. The number of rotatable bonds is 6. The number of benzene rings is 1. The summed E-state index contributed by atoms with van der Waals surface area (Å²) in [7, 11) is 0. The maximum atomic E-state index is 12.4. The van der Waals surface area contributed by atoms with E-state index in [4.69, 9.17) is 14.6 Å². The molecule has 2 atom stereocenters. The van der Waals surface area contributed by atoms with Crippen molar-refractivity contribution in [1.29, 1.82) is 0 Å². The van der Waals surface area contributed by atoms with Gasteiger partial charge in [-0.05, 0) is 18.6 Å². The van der Waals surface area contributed by atoms with Crippen molar-refractivity contribution < 1.29 is 24.2 Å². The van der Waals surface area contributed by atoms with Crippen molar-refractivity contribution in [3.05, 3.63) is 40.9 Å².